The fourth-order valence-corrected chi connectivity index (χ4v) is 6.02. The number of amides is 1. The molecule has 1 aromatic carbocycles. The van der Waals surface area contributed by atoms with Gasteiger partial charge in [-0.1, -0.05) is 25.1 Å². The van der Waals surface area contributed by atoms with E-state index in [9.17, 15) is 4.79 Å². The van der Waals surface area contributed by atoms with Crippen molar-refractivity contribution in [2.75, 3.05) is 50.5 Å². The average Bonchev–Trinajstić information content (AvgIpc) is 3.43. The summed E-state index contributed by atoms with van der Waals surface area (Å²) in [5, 5.41) is 7.08. The lowest BCUT2D eigenvalue weighted by atomic mass is 9.94. The zero-order chi connectivity index (χ0) is 27.6. The van der Waals surface area contributed by atoms with Crippen molar-refractivity contribution >= 4 is 28.4 Å². The van der Waals surface area contributed by atoms with Gasteiger partial charge in [0.2, 0.25) is 0 Å². The van der Waals surface area contributed by atoms with Gasteiger partial charge in [-0.15, -0.1) is 0 Å². The van der Waals surface area contributed by atoms with Gasteiger partial charge in [-0.3, -0.25) is 9.78 Å². The number of fused-ring (bicyclic) bond motifs is 2. The van der Waals surface area contributed by atoms with Crippen LogP contribution in [0, 0.1) is 0 Å². The molecule has 4 aromatic rings. The van der Waals surface area contributed by atoms with Gasteiger partial charge in [0.05, 0.1) is 17.6 Å². The molecule has 208 valence electrons. The van der Waals surface area contributed by atoms with Crippen LogP contribution in [0.1, 0.15) is 59.0 Å². The Bertz CT molecular complexity index is 1510. The third kappa shape index (κ3) is 5.11. The van der Waals surface area contributed by atoms with E-state index in [4.69, 9.17) is 4.98 Å². The maximum absolute atomic E-state index is 12.4. The Labute approximate surface area is 234 Å². The number of rotatable bonds is 7. The number of piperidine rings is 1. The van der Waals surface area contributed by atoms with Crippen molar-refractivity contribution in [2.24, 2.45) is 0 Å². The molecule has 0 spiro atoms. The third-order valence-corrected chi connectivity index (χ3v) is 8.40. The molecule has 10 heteroatoms. The van der Waals surface area contributed by atoms with Crippen LogP contribution < -0.4 is 15.5 Å². The van der Waals surface area contributed by atoms with E-state index in [-0.39, 0.29) is 11.8 Å². The molecule has 1 saturated heterocycles. The van der Waals surface area contributed by atoms with Crippen LogP contribution in [-0.2, 0) is 13.1 Å². The number of anilines is 2. The second kappa shape index (κ2) is 11.2. The summed E-state index contributed by atoms with van der Waals surface area (Å²) in [7, 11) is 3.85. The smallest absolute Gasteiger partial charge is 0.251 e. The van der Waals surface area contributed by atoms with E-state index in [2.05, 4.69) is 66.2 Å². The molecule has 0 aliphatic carbocycles. The largest absolute Gasteiger partial charge is 0.369 e. The Hall–Kier alpha value is -4.05. The first-order valence-electron chi connectivity index (χ1n) is 14.1. The summed E-state index contributed by atoms with van der Waals surface area (Å²) in [5.41, 5.74) is 3.97. The minimum Gasteiger partial charge on any atom is -0.369 e. The monoisotopic (exact) mass is 539 g/mol. The number of benzene rings is 1. The second-order valence-electron chi connectivity index (χ2n) is 11.0. The molecule has 0 bridgehead atoms. The molecule has 5 heterocycles. The van der Waals surface area contributed by atoms with Crippen molar-refractivity contribution in [3.05, 3.63) is 71.7 Å². The van der Waals surface area contributed by atoms with Crippen molar-refractivity contribution in [1.29, 1.82) is 0 Å². The van der Waals surface area contributed by atoms with E-state index >= 15 is 0 Å². The predicted molar refractivity (Wildman–Crippen MR) is 157 cm³/mol. The number of nitrogens with one attached hydrogen (secondary N) is 2. The molecule has 0 radical (unpaired) electrons. The number of likely N-dealkylation sites (tertiary alicyclic amines) is 1. The first-order valence-corrected chi connectivity index (χ1v) is 14.1. The lowest BCUT2D eigenvalue weighted by Gasteiger charge is -2.33. The van der Waals surface area contributed by atoms with Gasteiger partial charge in [-0.25, -0.2) is 15.0 Å². The predicted octanol–water partition coefficient (Wildman–Crippen LogP) is 3.63. The number of carbonyl (C=O) groups is 1. The van der Waals surface area contributed by atoms with Crippen molar-refractivity contribution in [3.63, 3.8) is 0 Å². The van der Waals surface area contributed by atoms with Gasteiger partial charge in [0.1, 0.15) is 23.8 Å². The zero-order valence-electron chi connectivity index (χ0n) is 23.5. The van der Waals surface area contributed by atoms with Crippen LogP contribution in [0.25, 0.3) is 10.9 Å². The maximum atomic E-state index is 12.4. The molecule has 2 N–H and O–H groups in total. The highest BCUT2D eigenvalue weighted by Gasteiger charge is 2.27. The molecule has 6 rings (SSSR count). The number of carbonyl (C=O) groups excluding carboxylic acids is 1. The molecule has 40 heavy (non-hydrogen) atoms. The first kappa shape index (κ1) is 26.2. The first-order chi connectivity index (χ1) is 19.5. The molecular formula is C30H37N9O. The van der Waals surface area contributed by atoms with Crippen molar-refractivity contribution in [1.82, 2.24) is 34.7 Å². The van der Waals surface area contributed by atoms with Gasteiger partial charge >= 0.3 is 0 Å². The molecule has 3 aromatic heterocycles. The summed E-state index contributed by atoms with van der Waals surface area (Å²) in [4.78, 5) is 35.5. The highest BCUT2D eigenvalue weighted by molar-refractivity contribution is 6.06. The molecule has 0 unspecified atom stereocenters. The lowest BCUT2D eigenvalue weighted by molar-refractivity contribution is 0.0964. The van der Waals surface area contributed by atoms with Crippen LogP contribution in [0.5, 0.6) is 0 Å². The van der Waals surface area contributed by atoms with E-state index in [0.717, 1.165) is 66.7 Å². The molecule has 2 aliphatic heterocycles. The molecule has 0 saturated carbocycles. The minimum absolute atomic E-state index is 0.109. The Balaban J connectivity index is 1.13. The summed E-state index contributed by atoms with van der Waals surface area (Å²) in [6.07, 6.45) is 7.84. The van der Waals surface area contributed by atoms with Crippen LogP contribution in [0.4, 0.5) is 11.6 Å². The number of imidazole rings is 1. The van der Waals surface area contributed by atoms with Crippen molar-refractivity contribution in [2.45, 2.75) is 44.7 Å². The summed E-state index contributed by atoms with van der Waals surface area (Å²) < 4.78 is 2.43. The number of nitrogens with zero attached hydrogens (tertiary/aromatic N) is 7. The Morgan fingerprint density at radius 2 is 1.93 bits per heavy atom. The van der Waals surface area contributed by atoms with Crippen LogP contribution in [-0.4, -0.2) is 75.6 Å². The summed E-state index contributed by atoms with van der Waals surface area (Å²) in [6, 6.07) is 9.81. The number of para-hydroxylation sites is 1. The Kier molecular flexibility index (Phi) is 7.34. The number of pyridine rings is 1. The Morgan fingerprint density at radius 3 is 2.75 bits per heavy atom. The minimum atomic E-state index is -0.109. The third-order valence-electron chi connectivity index (χ3n) is 8.40. The maximum Gasteiger partial charge on any atom is 0.251 e. The number of hydrogen-bond acceptors (Lipinski definition) is 8. The van der Waals surface area contributed by atoms with Gasteiger partial charge in [0.25, 0.3) is 5.91 Å². The zero-order valence-corrected chi connectivity index (χ0v) is 23.5. The fourth-order valence-electron chi connectivity index (χ4n) is 6.02. The van der Waals surface area contributed by atoms with Crippen LogP contribution in [0.3, 0.4) is 0 Å². The number of hydrogen-bond donors (Lipinski definition) is 2. The topological polar surface area (TPSA) is 104 Å². The molecule has 1 fully saturated rings. The molecule has 1 amide bonds. The molecule has 2 aliphatic rings. The van der Waals surface area contributed by atoms with Crippen LogP contribution >= 0.6 is 0 Å². The number of aromatic nitrogens is 5. The van der Waals surface area contributed by atoms with Crippen molar-refractivity contribution in [3.8, 4) is 0 Å². The normalized spacial score (nSPS) is 17.0. The van der Waals surface area contributed by atoms with E-state index in [1.807, 2.05) is 18.2 Å². The molecule has 10 nitrogen and oxygen atoms in total. The lowest BCUT2D eigenvalue weighted by Crippen LogP contribution is -2.36. The van der Waals surface area contributed by atoms with Gasteiger partial charge in [0.15, 0.2) is 0 Å². The van der Waals surface area contributed by atoms with Crippen molar-refractivity contribution < 1.29 is 4.79 Å². The van der Waals surface area contributed by atoms with Gasteiger partial charge in [-0.05, 0) is 44.6 Å². The van der Waals surface area contributed by atoms with Gasteiger partial charge in [0, 0.05) is 68.1 Å². The highest BCUT2D eigenvalue weighted by Crippen LogP contribution is 2.31. The van der Waals surface area contributed by atoms with Crippen LogP contribution in [0.2, 0.25) is 0 Å². The van der Waals surface area contributed by atoms with E-state index < -0.39 is 0 Å². The van der Waals surface area contributed by atoms with E-state index in [0.29, 0.717) is 18.0 Å². The highest BCUT2D eigenvalue weighted by atomic mass is 16.1. The molecule has 1 atom stereocenters. The Morgan fingerprint density at radius 1 is 1.07 bits per heavy atom. The average molecular weight is 540 g/mol. The SMILES string of the molecule is CNC(=O)c1ccnc2c([C@H](C)CNc3cc(N4CCn5c(C6CCN(C)CC6)cnc5C4)ncn3)cccc12. The second-order valence-corrected chi connectivity index (χ2v) is 11.0. The van der Waals surface area contributed by atoms with Gasteiger partial charge < -0.3 is 25.0 Å². The quantitative estimate of drug-likeness (QED) is 0.367. The van der Waals surface area contributed by atoms with E-state index in [1.165, 1.54) is 18.5 Å². The van der Waals surface area contributed by atoms with Gasteiger partial charge in [-0.2, -0.15) is 0 Å². The summed E-state index contributed by atoms with van der Waals surface area (Å²) in [5.74, 6) is 3.45. The summed E-state index contributed by atoms with van der Waals surface area (Å²) >= 11 is 0. The fraction of sp³-hybridized carbons (Fsp3) is 0.433. The summed E-state index contributed by atoms with van der Waals surface area (Å²) in [6.45, 7) is 7.70. The van der Waals surface area contributed by atoms with E-state index in [1.54, 1.807) is 25.6 Å². The van der Waals surface area contributed by atoms with Crippen LogP contribution in [0.15, 0.2) is 49.1 Å². The molecular weight excluding hydrogens is 502 g/mol. The standard InChI is InChI=1S/C30H37N9O/c1-20(22-5-4-6-23-24(30(40)31-2)7-10-32-29(22)23)16-33-26-15-27(36-19-35-26)38-13-14-39-25(17-34-28(39)18-38)21-8-11-37(3)12-9-21/h4-7,10,15,17,19-21H,8-9,11-14,16,18H2,1-3H3,(H,31,40)(H,33,35,36)/t20-/m1/s1.